The average molecular weight is 391 g/mol. The quantitative estimate of drug-likeness (QED) is 0.331. The Morgan fingerprint density at radius 3 is 2.60 bits per heavy atom. The second-order valence-corrected chi connectivity index (χ2v) is 6.02. The van der Waals surface area contributed by atoms with Crippen LogP contribution in [-0.4, -0.2) is 54.7 Å². The van der Waals surface area contributed by atoms with Crippen LogP contribution in [0.25, 0.3) is 11.2 Å². The second-order valence-electron chi connectivity index (χ2n) is 4.87. The smallest absolute Gasteiger partial charge is 0.790 e. The average Bonchev–Trinajstić information content (AvgIpc) is 3.01. The Morgan fingerprint density at radius 1 is 1.28 bits per heavy atom. The van der Waals surface area contributed by atoms with E-state index in [2.05, 4.69) is 19.5 Å². The molecule has 12 nitrogen and oxygen atoms in total. The van der Waals surface area contributed by atoms with Crippen molar-refractivity contribution in [2.24, 2.45) is 0 Å². The van der Waals surface area contributed by atoms with Crippen molar-refractivity contribution in [2.75, 3.05) is 12.3 Å². The Bertz CT molecular complexity index is 773. The van der Waals surface area contributed by atoms with Gasteiger partial charge in [-0.2, -0.15) is 0 Å². The van der Waals surface area contributed by atoms with Crippen molar-refractivity contribution in [1.82, 2.24) is 19.5 Å². The molecule has 2 aromatic rings. The molecule has 1 aliphatic rings. The fourth-order valence-electron chi connectivity index (χ4n) is 2.32. The van der Waals surface area contributed by atoms with E-state index in [1.807, 2.05) is 0 Å². The Labute approximate surface area is 185 Å². The van der Waals surface area contributed by atoms with E-state index in [1.165, 1.54) is 17.2 Å². The summed E-state index contributed by atoms with van der Waals surface area (Å²) in [5.41, 5.74) is 6.19. The first-order chi connectivity index (χ1) is 10.8. The minimum atomic E-state index is -5.22. The number of nitrogens with two attached hydrogens (primary N) is 1. The molecule has 4 atom stereocenters. The summed E-state index contributed by atoms with van der Waals surface area (Å²) in [5.74, 6) is 0.125. The van der Waals surface area contributed by atoms with Gasteiger partial charge in [0.1, 0.15) is 30.2 Å². The number of phosphoric acid groups is 1. The summed E-state index contributed by atoms with van der Waals surface area (Å²) in [7, 11) is -5.22. The second kappa shape index (κ2) is 9.02. The normalized spacial score (nSPS) is 26.2. The van der Waals surface area contributed by atoms with Gasteiger partial charge in [-0.1, -0.05) is 0 Å². The van der Waals surface area contributed by atoms with Gasteiger partial charge in [0, 0.05) is 0 Å². The minimum absolute atomic E-state index is 0. The van der Waals surface area contributed by atoms with E-state index in [0.29, 0.717) is 0 Å². The number of ether oxygens (including phenoxy) is 1. The number of rotatable bonds is 4. The molecule has 1 fully saturated rings. The van der Waals surface area contributed by atoms with Crippen LogP contribution in [0, 0.1) is 0 Å². The van der Waals surface area contributed by atoms with E-state index in [4.69, 9.17) is 10.5 Å². The fraction of sp³-hybridized carbons (Fsp3) is 0.500. The van der Waals surface area contributed by atoms with Crippen LogP contribution in [-0.2, 0) is 13.8 Å². The molecule has 0 saturated carbocycles. The number of aromatic nitrogens is 4. The molecule has 1 saturated heterocycles. The van der Waals surface area contributed by atoms with Gasteiger partial charge >= 0.3 is 59.1 Å². The molecule has 1 unspecified atom stereocenters. The van der Waals surface area contributed by atoms with Crippen molar-refractivity contribution >= 4 is 24.8 Å². The van der Waals surface area contributed by atoms with Crippen molar-refractivity contribution in [3.63, 3.8) is 0 Å². The van der Waals surface area contributed by atoms with Crippen LogP contribution in [0.4, 0.5) is 5.82 Å². The molecule has 3 heterocycles. The summed E-state index contributed by atoms with van der Waals surface area (Å²) >= 11 is 0. The number of aliphatic hydroxyl groups is 2. The monoisotopic (exact) mass is 391 g/mol. The number of hydrogen-bond acceptors (Lipinski definition) is 11. The molecule has 2 aromatic heterocycles. The molecule has 0 bridgehead atoms. The Kier molecular flexibility index (Phi) is 8.44. The molecule has 0 radical (unpaired) electrons. The number of phosphoric ester groups is 1. The van der Waals surface area contributed by atoms with Crippen LogP contribution < -0.4 is 74.6 Å². The molecular formula is C10H12N5Na2O7P. The van der Waals surface area contributed by atoms with Gasteiger partial charge in [0.25, 0.3) is 0 Å². The number of imidazole rings is 1. The summed E-state index contributed by atoms with van der Waals surface area (Å²) < 4.78 is 21.3. The first-order valence-corrected chi connectivity index (χ1v) is 7.85. The topological polar surface area (TPSA) is 192 Å². The van der Waals surface area contributed by atoms with Crippen molar-refractivity contribution in [2.45, 2.75) is 24.5 Å². The molecule has 3 rings (SSSR count). The van der Waals surface area contributed by atoms with Crippen molar-refractivity contribution < 1.29 is 92.9 Å². The molecular weight excluding hydrogens is 379 g/mol. The van der Waals surface area contributed by atoms with E-state index < -0.39 is 39.0 Å². The van der Waals surface area contributed by atoms with Gasteiger partial charge in [-0.05, 0) is 0 Å². The summed E-state index contributed by atoms with van der Waals surface area (Å²) in [6.07, 6.45) is -2.75. The van der Waals surface area contributed by atoms with Crippen LogP contribution in [0.3, 0.4) is 0 Å². The van der Waals surface area contributed by atoms with Gasteiger partial charge in [-0.25, -0.2) is 15.0 Å². The van der Waals surface area contributed by atoms with Crippen molar-refractivity contribution in [3.05, 3.63) is 12.7 Å². The molecule has 0 aromatic carbocycles. The van der Waals surface area contributed by atoms with Crippen molar-refractivity contribution in [3.8, 4) is 0 Å². The van der Waals surface area contributed by atoms with Gasteiger partial charge in [0.05, 0.1) is 20.8 Å². The zero-order chi connectivity index (χ0) is 16.8. The number of nitrogens with zero attached hydrogens (tertiary/aromatic N) is 4. The minimum Gasteiger partial charge on any atom is -0.790 e. The molecule has 0 aliphatic carbocycles. The van der Waals surface area contributed by atoms with E-state index in [1.54, 1.807) is 0 Å². The molecule has 0 spiro atoms. The maximum Gasteiger partial charge on any atom is 1.00 e. The summed E-state index contributed by atoms with van der Waals surface area (Å²) in [6, 6.07) is 0. The standard InChI is InChI=1S/C10H14N5O7P.2Na/c11-8-5-9(13-2-12-8)15(3-14-5)10-7(17)6(16)4(22-10)1-21-23(18,19)20;;/h2-4,6-7,10,16-17H,1H2,(H2,11,12,13)(H2,18,19,20);;/q;2*+1/p-2/t4-,6?,7+,10-;;/m1../s1. The van der Waals surface area contributed by atoms with Gasteiger partial charge in [0.15, 0.2) is 17.7 Å². The van der Waals surface area contributed by atoms with Crippen LogP contribution in [0.5, 0.6) is 0 Å². The van der Waals surface area contributed by atoms with Crippen LogP contribution in [0.2, 0.25) is 0 Å². The van der Waals surface area contributed by atoms with E-state index >= 15 is 0 Å². The summed E-state index contributed by atoms with van der Waals surface area (Å²) in [6.45, 7) is -0.719. The van der Waals surface area contributed by atoms with Gasteiger partial charge in [0.2, 0.25) is 0 Å². The largest absolute Gasteiger partial charge is 1.00 e. The first-order valence-electron chi connectivity index (χ1n) is 6.39. The fourth-order valence-corrected chi connectivity index (χ4v) is 2.65. The summed E-state index contributed by atoms with van der Waals surface area (Å²) in [4.78, 5) is 32.8. The van der Waals surface area contributed by atoms with Crippen LogP contribution in [0.15, 0.2) is 12.7 Å². The maximum atomic E-state index is 10.5. The maximum absolute atomic E-state index is 10.5. The Balaban J connectivity index is 0.00000156. The molecule has 15 heteroatoms. The van der Waals surface area contributed by atoms with Gasteiger partial charge < -0.3 is 39.6 Å². The van der Waals surface area contributed by atoms with E-state index in [9.17, 15) is 24.6 Å². The van der Waals surface area contributed by atoms with Gasteiger partial charge in [-0.3, -0.25) is 4.57 Å². The SMILES string of the molecule is Nc1ncnc2c1ncn2[C@@H]1O[C@H](COP(=O)([O-])[O-])C(O)[C@@H]1O.[Na+].[Na+]. The summed E-state index contributed by atoms with van der Waals surface area (Å²) in [5, 5.41) is 20.0. The molecule has 126 valence electrons. The number of nitrogen functional groups attached to an aromatic ring is 1. The molecule has 25 heavy (non-hydrogen) atoms. The van der Waals surface area contributed by atoms with Crippen molar-refractivity contribution in [1.29, 1.82) is 0 Å². The number of aliphatic hydroxyl groups excluding tert-OH is 2. The number of anilines is 1. The predicted octanol–water partition coefficient (Wildman–Crippen LogP) is -9.12. The first kappa shape index (κ1) is 23.4. The third-order valence-electron chi connectivity index (χ3n) is 3.40. The molecule has 0 amide bonds. The molecule has 1 aliphatic heterocycles. The van der Waals surface area contributed by atoms with E-state index in [0.717, 1.165) is 0 Å². The Morgan fingerprint density at radius 2 is 1.96 bits per heavy atom. The number of fused-ring (bicyclic) bond motifs is 1. The molecule has 4 N–H and O–H groups in total. The van der Waals surface area contributed by atoms with Gasteiger partial charge in [-0.15, -0.1) is 0 Å². The predicted molar refractivity (Wildman–Crippen MR) is 69.2 cm³/mol. The Hall–Kier alpha value is 0.340. The van der Waals surface area contributed by atoms with E-state index in [-0.39, 0.29) is 76.1 Å². The number of hydrogen-bond donors (Lipinski definition) is 3. The van der Waals surface area contributed by atoms with Crippen LogP contribution >= 0.6 is 7.82 Å². The zero-order valence-electron chi connectivity index (χ0n) is 13.4. The third-order valence-corrected chi connectivity index (χ3v) is 3.86. The van der Waals surface area contributed by atoms with Crippen LogP contribution in [0.1, 0.15) is 6.23 Å². The zero-order valence-corrected chi connectivity index (χ0v) is 18.3. The third kappa shape index (κ3) is 4.99.